The quantitative estimate of drug-likeness (QED) is 0.590. The lowest BCUT2D eigenvalue weighted by molar-refractivity contribution is -0.249. The van der Waals surface area contributed by atoms with Gasteiger partial charge in [0.15, 0.2) is 0 Å². The van der Waals surface area contributed by atoms with Crippen LogP contribution in [-0.2, 0) is 16.1 Å². The highest BCUT2D eigenvalue weighted by Gasteiger charge is 2.50. The predicted molar refractivity (Wildman–Crippen MR) is 95.2 cm³/mol. The Morgan fingerprint density at radius 2 is 1.42 bits per heavy atom. The largest absolute Gasteiger partial charge is 0.387 e. The topological polar surface area (TPSA) is 99.4 Å². The molecule has 0 saturated heterocycles. The molecule has 26 heavy (non-hydrogen) atoms. The molecule has 1 fully saturated rings. The van der Waals surface area contributed by atoms with Crippen molar-refractivity contribution in [2.75, 3.05) is 6.61 Å². The number of hydrogen-bond acceptors (Lipinski definition) is 6. The highest BCUT2D eigenvalue weighted by atomic mass is 16.5. The summed E-state index contributed by atoms with van der Waals surface area (Å²) in [6.07, 6.45) is 1.09. The average molecular weight is 362 g/mol. The van der Waals surface area contributed by atoms with Crippen LogP contribution in [0.15, 0.2) is 54.6 Å². The number of hydrogen-bond donors (Lipinski definition) is 4. The first-order valence-corrected chi connectivity index (χ1v) is 8.90. The standard InChI is InChI=1S/C20H26O6/c21-15-17(23)20(26-12-14-9-5-2-6-10-14)18(24)16(22)19(15)25-11-13-7-3-1-4-8-13/h1-9,14-24H,10-12H2/t14-,15-,16+,17-,18-,19?,20?/m1/s1. The molecular weight excluding hydrogens is 336 g/mol. The Morgan fingerprint density at radius 3 is 2.00 bits per heavy atom. The first-order valence-electron chi connectivity index (χ1n) is 8.90. The van der Waals surface area contributed by atoms with Crippen molar-refractivity contribution in [3.8, 4) is 0 Å². The molecule has 3 rings (SSSR count). The van der Waals surface area contributed by atoms with E-state index in [-0.39, 0.29) is 19.1 Å². The summed E-state index contributed by atoms with van der Waals surface area (Å²) in [7, 11) is 0. The van der Waals surface area contributed by atoms with Gasteiger partial charge in [-0.15, -0.1) is 0 Å². The van der Waals surface area contributed by atoms with E-state index in [0.29, 0.717) is 0 Å². The van der Waals surface area contributed by atoms with Gasteiger partial charge in [-0.05, 0) is 12.0 Å². The second-order valence-electron chi connectivity index (χ2n) is 6.83. The zero-order valence-electron chi connectivity index (χ0n) is 14.5. The van der Waals surface area contributed by atoms with Crippen molar-refractivity contribution in [3.05, 3.63) is 60.2 Å². The summed E-state index contributed by atoms with van der Waals surface area (Å²) in [6, 6.07) is 9.29. The Labute approximate surface area is 153 Å². The number of rotatable bonds is 6. The number of benzene rings is 1. The van der Waals surface area contributed by atoms with E-state index >= 15 is 0 Å². The molecule has 0 amide bonds. The maximum atomic E-state index is 10.4. The minimum Gasteiger partial charge on any atom is -0.387 e. The highest BCUT2D eigenvalue weighted by Crippen LogP contribution is 2.27. The molecule has 2 unspecified atom stereocenters. The summed E-state index contributed by atoms with van der Waals surface area (Å²) < 4.78 is 11.2. The molecule has 0 aromatic heterocycles. The molecule has 142 valence electrons. The van der Waals surface area contributed by atoms with Gasteiger partial charge in [-0.1, -0.05) is 54.6 Å². The summed E-state index contributed by atoms with van der Waals surface area (Å²) in [6.45, 7) is 0.443. The normalized spacial score (nSPS) is 37.0. The monoisotopic (exact) mass is 362 g/mol. The second-order valence-corrected chi connectivity index (χ2v) is 6.83. The zero-order valence-corrected chi connectivity index (χ0v) is 14.5. The number of aliphatic hydroxyl groups is 4. The molecule has 0 radical (unpaired) electrons. The van der Waals surface area contributed by atoms with Crippen molar-refractivity contribution in [1.29, 1.82) is 0 Å². The molecule has 0 bridgehead atoms. The van der Waals surface area contributed by atoms with Crippen molar-refractivity contribution in [2.24, 2.45) is 5.92 Å². The van der Waals surface area contributed by atoms with Gasteiger partial charge in [0.05, 0.1) is 13.2 Å². The molecule has 6 nitrogen and oxygen atoms in total. The van der Waals surface area contributed by atoms with Crippen LogP contribution in [0, 0.1) is 5.92 Å². The van der Waals surface area contributed by atoms with E-state index in [9.17, 15) is 20.4 Å². The van der Waals surface area contributed by atoms with Gasteiger partial charge in [0.1, 0.15) is 36.6 Å². The van der Waals surface area contributed by atoms with Crippen LogP contribution in [0.2, 0.25) is 0 Å². The summed E-state index contributed by atoms with van der Waals surface area (Å²) in [4.78, 5) is 0. The molecule has 2 aliphatic rings. The van der Waals surface area contributed by atoms with Crippen LogP contribution in [-0.4, -0.2) is 63.7 Å². The van der Waals surface area contributed by atoms with Gasteiger partial charge in [0, 0.05) is 5.92 Å². The van der Waals surface area contributed by atoms with E-state index in [1.807, 2.05) is 54.6 Å². The summed E-state index contributed by atoms with van der Waals surface area (Å²) in [5, 5.41) is 41.4. The molecule has 1 saturated carbocycles. The fourth-order valence-electron chi connectivity index (χ4n) is 3.33. The fraction of sp³-hybridized carbons (Fsp3) is 0.500. The summed E-state index contributed by atoms with van der Waals surface area (Å²) >= 11 is 0. The first kappa shape index (κ1) is 19.2. The van der Waals surface area contributed by atoms with Crippen LogP contribution < -0.4 is 0 Å². The third kappa shape index (κ3) is 4.40. The molecule has 1 aromatic carbocycles. The third-order valence-corrected chi connectivity index (χ3v) is 4.90. The van der Waals surface area contributed by atoms with Crippen molar-refractivity contribution in [2.45, 2.75) is 49.7 Å². The average Bonchev–Trinajstić information content (AvgIpc) is 2.68. The molecule has 6 heteroatoms. The Kier molecular flexibility index (Phi) is 6.58. The van der Waals surface area contributed by atoms with E-state index in [0.717, 1.165) is 12.0 Å². The van der Waals surface area contributed by atoms with Crippen molar-refractivity contribution >= 4 is 0 Å². The van der Waals surface area contributed by atoms with Gasteiger partial charge in [-0.3, -0.25) is 0 Å². The minimum atomic E-state index is -1.36. The van der Waals surface area contributed by atoms with E-state index in [4.69, 9.17) is 9.47 Å². The van der Waals surface area contributed by atoms with Gasteiger partial charge in [0.2, 0.25) is 0 Å². The van der Waals surface area contributed by atoms with Crippen LogP contribution in [0.1, 0.15) is 12.0 Å². The summed E-state index contributed by atoms with van der Waals surface area (Å²) in [5.74, 6) is 0.140. The smallest absolute Gasteiger partial charge is 0.115 e. The van der Waals surface area contributed by atoms with Gasteiger partial charge in [-0.25, -0.2) is 0 Å². The van der Waals surface area contributed by atoms with Crippen molar-refractivity contribution in [1.82, 2.24) is 0 Å². The fourth-order valence-corrected chi connectivity index (χ4v) is 3.33. The lowest BCUT2D eigenvalue weighted by Gasteiger charge is -2.43. The maximum absolute atomic E-state index is 10.4. The van der Waals surface area contributed by atoms with Crippen LogP contribution in [0.25, 0.3) is 0 Å². The maximum Gasteiger partial charge on any atom is 0.115 e. The van der Waals surface area contributed by atoms with Gasteiger partial charge < -0.3 is 29.9 Å². The Bertz CT molecular complexity index is 600. The Morgan fingerprint density at radius 1 is 0.808 bits per heavy atom. The molecule has 0 aliphatic heterocycles. The zero-order chi connectivity index (χ0) is 18.5. The molecule has 7 atom stereocenters. The molecule has 4 N–H and O–H groups in total. The molecule has 1 aromatic rings. The third-order valence-electron chi connectivity index (χ3n) is 4.90. The molecule has 2 aliphatic carbocycles. The number of allylic oxidation sites excluding steroid dienone is 3. The molecule has 0 heterocycles. The number of ether oxygens (including phenoxy) is 2. The van der Waals surface area contributed by atoms with E-state index in [1.165, 1.54) is 0 Å². The molecular formula is C20H26O6. The van der Waals surface area contributed by atoms with Gasteiger partial charge in [0.25, 0.3) is 0 Å². The van der Waals surface area contributed by atoms with Crippen molar-refractivity contribution in [3.63, 3.8) is 0 Å². The Hall–Kier alpha value is -1.54. The van der Waals surface area contributed by atoms with Gasteiger partial charge >= 0.3 is 0 Å². The van der Waals surface area contributed by atoms with Crippen LogP contribution in [0.5, 0.6) is 0 Å². The van der Waals surface area contributed by atoms with Gasteiger partial charge in [-0.2, -0.15) is 0 Å². The second kappa shape index (κ2) is 8.90. The van der Waals surface area contributed by atoms with Crippen LogP contribution >= 0.6 is 0 Å². The molecule has 0 spiro atoms. The van der Waals surface area contributed by atoms with E-state index < -0.39 is 36.6 Å². The van der Waals surface area contributed by atoms with E-state index in [1.54, 1.807) is 0 Å². The summed E-state index contributed by atoms with van der Waals surface area (Å²) in [5.41, 5.74) is 0.867. The minimum absolute atomic E-state index is 0.140. The highest BCUT2D eigenvalue weighted by molar-refractivity contribution is 5.14. The first-order chi connectivity index (χ1) is 12.6. The van der Waals surface area contributed by atoms with Crippen molar-refractivity contribution < 1.29 is 29.9 Å². The Balaban J connectivity index is 1.58. The lowest BCUT2D eigenvalue weighted by atomic mass is 9.84. The lowest BCUT2D eigenvalue weighted by Crippen LogP contribution is -2.65. The predicted octanol–water partition coefficient (Wildman–Crippen LogP) is 0.547. The van der Waals surface area contributed by atoms with Crippen LogP contribution in [0.3, 0.4) is 0 Å². The van der Waals surface area contributed by atoms with Crippen LogP contribution in [0.4, 0.5) is 0 Å². The number of aliphatic hydroxyl groups excluding tert-OH is 4. The van der Waals surface area contributed by atoms with E-state index in [2.05, 4.69) is 0 Å². The SMILES string of the molecule is O[C@@H]1C(OCc2ccccc2)[C@H](O)[C@@H](O)C(OC[C@@H]2C=CC=CC2)[C@@H]1O.